The lowest BCUT2D eigenvalue weighted by Crippen LogP contribution is -2.51. The monoisotopic (exact) mass is 316 g/mol. The average Bonchev–Trinajstić information content (AvgIpc) is 2.23. The van der Waals surface area contributed by atoms with E-state index in [0.29, 0.717) is 19.7 Å². The van der Waals surface area contributed by atoms with Crippen LogP contribution in [0.1, 0.15) is 62.3 Å². The molecular weight excluding hydrogens is 280 g/mol. The van der Waals surface area contributed by atoms with Gasteiger partial charge in [-0.25, -0.2) is 4.79 Å². The highest BCUT2D eigenvalue weighted by Crippen LogP contribution is 2.18. The van der Waals surface area contributed by atoms with E-state index in [9.17, 15) is 4.79 Å². The second-order valence-electron chi connectivity index (χ2n) is 8.17. The van der Waals surface area contributed by atoms with Crippen LogP contribution >= 0.6 is 0 Å². The molecule has 5 nitrogen and oxygen atoms in total. The standard InChI is InChI=1S/C17H36N2O3/c1-10-21-17(8,9)13-18-11-12-19(15(2,3)4)14(20)22-16(5,6)7/h18H,10-13H2,1-9H3. The third kappa shape index (κ3) is 9.26. The maximum Gasteiger partial charge on any atom is 0.410 e. The van der Waals surface area contributed by atoms with Crippen LogP contribution in [0.15, 0.2) is 0 Å². The number of nitrogens with one attached hydrogen (secondary N) is 1. The second kappa shape index (κ2) is 8.16. The zero-order chi connectivity index (χ0) is 17.6. The molecule has 1 N–H and O–H groups in total. The van der Waals surface area contributed by atoms with Crippen molar-refractivity contribution in [3.8, 4) is 0 Å². The Hall–Kier alpha value is -0.810. The molecule has 5 heteroatoms. The van der Waals surface area contributed by atoms with Gasteiger partial charge in [-0.3, -0.25) is 0 Å². The lowest BCUT2D eigenvalue weighted by Gasteiger charge is -2.37. The van der Waals surface area contributed by atoms with Crippen LogP contribution in [0.2, 0.25) is 0 Å². The molecule has 0 saturated heterocycles. The van der Waals surface area contributed by atoms with E-state index >= 15 is 0 Å². The van der Waals surface area contributed by atoms with Gasteiger partial charge >= 0.3 is 6.09 Å². The summed E-state index contributed by atoms with van der Waals surface area (Å²) in [6, 6.07) is 0. The molecule has 0 aliphatic rings. The maximum atomic E-state index is 12.4. The molecule has 0 aromatic heterocycles. The first-order valence-corrected chi connectivity index (χ1v) is 8.14. The molecule has 0 aromatic carbocycles. The van der Waals surface area contributed by atoms with Gasteiger partial charge in [-0.1, -0.05) is 0 Å². The Balaban J connectivity index is 4.49. The van der Waals surface area contributed by atoms with Gasteiger partial charge in [0.25, 0.3) is 0 Å². The molecule has 1 amide bonds. The van der Waals surface area contributed by atoms with E-state index in [-0.39, 0.29) is 17.2 Å². The summed E-state index contributed by atoms with van der Waals surface area (Å²) in [5.74, 6) is 0. The normalized spacial score (nSPS) is 13.1. The average molecular weight is 316 g/mol. The summed E-state index contributed by atoms with van der Waals surface area (Å²) in [6.07, 6.45) is -0.272. The van der Waals surface area contributed by atoms with Crippen molar-refractivity contribution in [1.29, 1.82) is 0 Å². The first kappa shape index (κ1) is 21.2. The molecule has 0 saturated carbocycles. The van der Waals surface area contributed by atoms with Crippen molar-refractivity contribution < 1.29 is 14.3 Å². The molecule has 0 unspecified atom stereocenters. The summed E-state index contributed by atoms with van der Waals surface area (Å²) in [5.41, 5.74) is -0.961. The first-order chi connectivity index (χ1) is 9.78. The number of amides is 1. The second-order valence-corrected chi connectivity index (χ2v) is 8.17. The fourth-order valence-corrected chi connectivity index (χ4v) is 2.04. The fraction of sp³-hybridized carbons (Fsp3) is 0.941. The molecule has 0 fully saturated rings. The van der Waals surface area contributed by atoms with Crippen LogP contribution in [-0.2, 0) is 9.47 Å². The molecule has 0 spiro atoms. The number of carbonyl (C=O) groups is 1. The van der Waals surface area contributed by atoms with Crippen LogP contribution < -0.4 is 5.32 Å². The third-order valence-corrected chi connectivity index (χ3v) is 3.02. The van der Waals surface area contributed by atoms with Gasteiger partial charge in [0, 0.05) is 31.8 Å². The molecule has 0 aromatic rings. The highest BCUT2D eigenvalue weighted by molar-refractivity contribution is 5.69. The van der Waals surface area contributed by atoms with E-state index in [1.54, 1.807) is 4.90 Å². The topological polar surface area (TPSA) is 50.8 Å². The van der Waals surface area contributed by atoms with Gasteiger partial charge in [-0.05, 0) is 62.3 Å². The number of hydrogen-bond donors (Lipinski definition) is 1. The molecule has 132 valence electrons. The van der Waals surface area contributed by atoms with Crippen LogP contribution in [0, 0.1) is 0 Å². The van der Waals surface area contributed by atoms with Crippen molar-refractivity contribution in [2.75, 3.05) is 26.2 Å². The summed E-state index contributed by atoms with van der Waals surface area (Å²) < 4.78 is 11.1. The van der Waals surface area contributed by atoms with Gasteiger partial charge in [0.2, 0.25) is 0 Å². The van der Waals surface area contributed by atoms with E-state index < -0.39 is 5.60 Å². The Bertz CT molecular complexity index is 341. The van der Waals surface area contributed by atoms with Gasteiger partial charge in [0.1, 0.15) is 5.60 Å². The van der Waals surface area contributed by atoms with Crippen LogP contribution in [-0.4, -0.2) is 54.0 Å². The molecule has 0 heterocycles. The Morgan fingerprint density at radius 1 is 1.05 bits per heavy atom. The predicted octanol–water partition coefficient (Wildman–Crippen LogP) is 3.43. The van der Waals surface area contributed by atoms with Crippen molar-refractivity contribution >= 4 is 6.09 Å². The summed E-state index contributed by atoms with van der Waals surface area (Å²) in [4.78, 5) is 14.1. The van der Waals surface area contributed by atoms with Gasteiger partial charge in [-0.2, -0.15) is 0 Å². The minimum absolute atomic E-state index is 0.201. The molecular formula is C17H36N2O3. The number of ether oxygens (including phenoxy) is 2. The van der Waals surface area contributed by atoms with Gasteiger partial charge in [0.15, 0.2) is 0 Å². The summed E-state index contributed by atoms with van der Waals surface area (Å²) in [7, 11) is 0. The predicted molar refractivity (Wildman–Crippen MR) is 91.3 cm³/mol. The quantitative estimate of drug-likeness (QED) is 0.731. The zero-order valence-electron chi connectivity index (χ0n) is 16.0. The first-order valence-electron chi connectivity index (χ1n) is 8.14. The van der Waals surface area contributed by atoms with Crippen LogP contribution in [0.4, 0.5) is 4.79 Å². The van der Waals surface area contributed by atoms with Crippen molar-refractivity contribution in [3.05, 3.63) is 0 Å². The number of rotatable bonds is 7. The van der Waals surface area contributed by atoms with Gasteiger partial charge in [0.05, 0.1) is 5.60 Å². The minimum atomic E-state index is -0.481. The maximum absolute atomic E-state index is 12.4. The van der Waals surface area contributed by atoms with Crippen molar-refractivity contribution in [1.82, 2.24) is 10.2 Å². The van der Waals surface area contributed by atoms with Crippen molar-refractivity contribution in [2.45, 2.75) is 79.1 Å². The van der Waals surface area contributed by atoms with Gasteiger partial charge in [-0.15, -0.1) is 0 Å². The Morgan fingerprint density at radius 2 is 1.59 bits per heavy atom. The summed E-state index contributed by atoms with van der Waals surface area (Å²) in [6.45, 7) is 20.5. The summed E-state index contributed by atoms with van der Waals surface area (Å²) in [5, 5.41) is 3.36. The van der Waals surface area contributed by atoms with E-state index in [4.69, 9.17) is 9.47 Å². The Kier molecular flexibility index (Phi) is 7.86. The molecule has 0 aliphatic heterocycles. The minimum Gasteiger partial charge on any atom is -0.444 e. The lowest BCUT2D eigenvalue weighted by atomic mass is 10.1. The SMILES string of the molecule is CCOC(C)(C)CNCCN(C(=O)OC(C)(C)C)C(C)(C)C. The van der Waals surface area contributed by atoms with Crippen LogP contribution in [0.25, 0.3) is 0 Å². The highest BCUT2D eigenvalue weighted by Gasteiger charge is 2.30. The molecule has 0 aliphatic carbocycles. The fourth-order valence-electron chi connectivity index (χ4n) is 2.04. The third-order valence-electron chi connectivity index (χ3n) is 3.02. The summed E-state index contributed by atoms with van der Waals surface area (Å²) >= 11 is 0. The smallest absolute Gasteiger partial charge is 0.410 e. The number of nitrogens with zero attached hydrogens (tertiary/aromatic N) is 1. The van der Waals surface area contributed by atoms with Gasteiger partial charge < -0.3 is 19.7 Å². The zero-order valence-corrected chi connectivity index (χ0v) is 16.0. The Labute approximate surface area is 136 Å². The number of carbonyl (C=O) groups excluding carboxylic acids is 1. The van der Waals surface area contributed by atoms with Crippen LogP contribution in [0.5, 0.6) is 0 Å². The largest absolute Gasteiger partial charge is 0.444 e. The molecule has 22 heavy (non-hydrogen) atoms. The molecule has 0 rings (SSSR count). The van der Waals surface area contributed by atoms with Crippen molar-refractivity contribution in [2.24, 2.45) is 0 Å². The molecule has 0 bridgehead atoms. The van der Waals surface area contributed by atoms with E-state index in [0.717, 1.165) is 6.54 Å². The van der Waals surface area contributed by atoms with E-state index in [1.165, 1.54) is 0 Å². The van der Waals surface area contributed by atoms with Crippen molar-refractivity contribution in [3.63, 3.8) is 0 Å². The number of hydrogen-bond acceptors (Lipinski definition) is 4. The highest BCUT2D eigenvalue weighted by atomic mass is 16.6. The lowest BCUT2D eigenvalue weighted by molar-refractivity contribution is -0.0104. The van der Waals surface area contributed by atoms with E-state index in [2.05, 4.69) is 19.2 Å². The van der Waals surface area contributed by atoms with Crippen LogP contribution in [0.3, 0.4) is 0 Å². The molecule has 0 atom stereocenters. The Morgan fingerprint density at radius 3 is 2.00 bits per heavy atom. The molecule has 0 radical (unpaired) electrons. The van der Waals surface area contributed by atoms with E-state index in [1.807, 2.05) is 48.5 Å².